The van der Waals surface area contributed by atoms with E-state index < -0.39 is 6.04 Å². The molecular formula is C23H28ClN3O2. The van der Waals surface area contributed by atoms with Gasteiger partial charge in [0.25, 0.3) is 0 Å². The van der Waals surface area contributed by atoms with Crippen LogP contribution in [0.2, 0.25) is 0 Å². The average molecular weight is 414 g/mol. The van der Waals surface area contributed by atoms with E-state index >= 15 is 0 Å². The fourth-order valence-corrected chi connectivity index (χ4v) is 3.99. The summed E-state index contributed by atoms with van der Waals surface area (Å²) in [5.41, 5.74) is 3.49. The van der Waals surface area contributed by atoms with Crippen molar-refractivity contribution in [1.29, 1.82) is 0 Å². The molecule has 0 saturated heterocycles. The van der Waals surface area contributed by atoms with Crippen LogP contribution in [0.5, 0.6) is 0 Å². The molecule has 1 N–H and O–H groups in total. The highest BCUT2D eigenvalue weighted by Gasteiger charge is 2.34. The number of pyridine rings is 1. The minimum atomic E-state index is -0.820. The molecule has 0 unspecified atom stereocenters. The van der Waals surface area contributed by atoms with Crippen LogP contribution < -0.4 is 10.2 Å². The first-order chi connectivity index (χ1) is 14.0. The van der Waals surface area contributed by atoms with Gasteiger partial charge in [-0.15, -0.1) is 11.6 Å². The number of amides is 2. The Morgan fingerprint density at radius 2 is 1.93 bits per heavy atom. The average Bonchev–Trinajstić information content (AvgIpc) is 2.74. The van der Waals surface area contributed by atoms with Crippen LogP contribution in [0.1, 0.15) is 54.8 Å². The lowest BCUT2D eigenvalue weighted by atomic mass is 9.94. The van der Waals surface area contributed by atoms with E-state index in [2.05, 4.69) is 10.3 Å². The van der Waals surface area contributed by atoms with Crippen molar-refractivity contribution in [3.8, 4) is 0 Å². The Morgan fingerprint density at radius 1 is 1.17 bits per heavy atom. The Balaban J connectivity index is 2.01. The zero-order valence-electron chi connectivity index (χ0n) is 17.0. The Labute approximate surface area is 177 Å². The highest BCUT2D eigenvalue weighted by molar-refractivity contribution is 6.29. The van der Waals surface area contributed by atoms with Crippen LogP contribution in [-0.4, -0.2) is 28.7 Å². The van der Waals surface area contributed by atoms with Crippen molar-refractivity contribution < 1.29 is 9.59 Å². The summed E-state index contributed by atoms with van der Waals surface area (Å²) in [4.78, 5) is 32.0. The van der Waals surface area contributed by atoms with Gasteiger partial charge in [-0.2, -0.15) is 0 Å². The van der Waals surface area contributed by atoms with Gasteiger partial charge in [0.05, 0.1) is 0 Å². The van der Waals surface area contributed by atoms with Crippen molar-refractivity contribution >= 4 is 29.1 Å². The molecule has 6 heteroatoms. The number of rotatable bonds is 6. The monoisotopic (exact) mass is 413 g/mol. The van der Waals surface area contributed by atoms with E-state index in [4.69, 9.17) is 11.6 Å². The first-order valence-corrected chi connectivity index (χ1v) is 10.7. The maximum Gasteiger partial charge on any atom is 0.248 e. The van der Waals surface area contributed by atoms with Gasteiger partial charge in [-0.1, -0.05) is 31.4 Å². The number of aromatic nitrogens is 1. The summed E-state index contributed by atoms with van der Waals surface area (Å²) in [7, 11) is 0. The van der Waals surface area contributed by atoms with Crippen LogP contribution in [0, 0.1) is 13.8 Å². The van der Waals surface area contributed by atoms with Crippen LogP contribution in [0.25, 0.3) is 0 Å². The third kappa shape index (κ3) is 5.15. The van der Waals surface area contributed by atoms with Gasteiger partial charge in [0, 0.05) is 29.7 Å². The number of nitrogens with zero attached hydrogens (tertiary/aromatic N) is 2. The number of carbonyl (C=O) groups excluding carboxylic acids is 2. The molecule has 1 aromatic carbocycles. The van der Waals surface area contributed by atoms with Crippen LogP contribution in [0.3, 0.4) is 0 Å². The molecule has 2 amide bonds. The van der Waals surface area contributed by atoms with Crippen molar-refractivity contribution in [2.75, 3.05) is 10.8 Å². The summed E-state index contributed by atoms with van der Waals surface area (Å²) in [6.07, 6.45) is 8.67. The molecular weight excluding hydrogens is 386 g/mol. The van der Waals surface area contributed by atoms with Crippen LogP contribution >= 0.6 is 11.6 Å². The summed E-state index contributed by atoms with van der Waals surface area (Å²) in [6.45, 7) is 4.00. The van der Waals surface area contributed by atoms with E-state index in [1.807, 2.05) is 38.1 Å². The molecule has 1 heterocycles. The quantitative estimate of drug-likeness (QED) is 0.711. The van der Waals surface area contributed by atoms with Gasteiger partial charge >= 0.3 is 0 Å². The van der Waals surface area contributed by atoms with Crippen LogP contribution in [0.15, 0.2) is 42.7 Å². The second-order valence-corrected chi connectivity index (χ2v) is 7.97. The predicted octanol–water partition coefficient (Wildman–Crippen LogP) is 4.46. The Hall–Kier alpha value is -2.40. The first kappa shape index (κ1) is 21.3. The molecule has 1 aromatic heterocycles. The third-order valence-electron chi connectivity index (χ3n) is 5.61. The van der Waals surface area contributed by atoms with E-state index in [9.17, 15) is 9.59 Å². The number of carbonyl (C=O) groups is 2. The Kier molecular flexibility index (Phi) is 7.26. The van der Waals surface area contributed by atoms with Crippen molar-refractivity contribution in [1.82, 2.24) is 10.3 Å². The van der Waals surface area contributed by atoms with Crippen molar-refractivity contribution in [3.05, 3.63) is 59.4 Å². The second-order valence-electron chi connectivity index (χ2n) is 7.70. The fraction of sp³-hybridized carbons (Fsp3) is 0.435. The summed E-state index contributed by atoms with van der Waals surface area (Å²) in [5.74, 6) is -0.718. The molecule has 0 spiro atoms. The summed E-state index contributed by atoms with van der Waals surface area (Å²) in [6, 6.07) is 8.68. The smallest absolute Gasteiger partial charge is 0.248 e. The molecule has 1 saturated carbocycles. The standard InChI is InChI=1S/C23H28ClN3O2/c1-16-10-11-20(13-17(16)2)27(21(28)14-24)22(18-7-6-12-25-15-18)23(29)26-19-8-4-3-5-9-19/h6-7,10-13,15,19,22H,3-5,8-9,14H2,1-2H3,(H,26,29)/t22-/m1/s1. The molecule has 1 fully saturated rings. The molecule has 0 radical (unpaired) electrons. The Bertz CT molecular complexity index is 850. The van der Waals surface area contributed by atoms with E-state index in [-0.39, 0.29) is 23.7 Å². The highest BCUT2D eigenvalue weighted by atomic mass is 35.5. The molecule has 0 bridgehead atoms. The molecule has 154 valence electrons. The van der Waals surface area contributed by atoms with E-state index in [0.717, 1.165) is 36.8 Å². The van der Waals surface area contributed by atoms with E-state index in [1.54, 1.807) is 18.5 Å². The van der Waals surface area contributed by atoms with Gasteiger partial charge in [-0.3, -0.25) is 19.5 Å². The topological polar surface area (TPSA) is 62.3 Å². The van der Waals surface area contributed by atoms with E-state index in [1.165, 1.54) is 11.3 Å². The number of alkyl halides is 1. The van der Waals surface area contributed by atoms with Crippen LogP contribution in [-0.2, 0) is 9.59 Å². The second kappa shape index (κ2) is 9.88. The first-order valence-electron chi connectivity index (χ1n) is 10.2. The largest absolute Gasteiger partial charge is 0.351 e. The summed E-state index contributed by atoms with van der Waals surface area (Å²) >= 11 is 5.96. The molecule has 1 atom stereocenters. The lowest BCUT2D eigenvalue weighted by molar-refractivity contribution is -0.126. The maximum atomic E-state index is 13.4. The number of hydrogen-bond donors (Lipinski definition) is 1. The van der Waals surface area contributed by atoms with Crippen molar-refractivity contribution in [2.24, 2.45) is 0 Å². The number of nitrogens with one attached hydrogen (secondary N) is 1. The minimum absolute atomic E-state index is 0.142. The maximum absolute atomic E-state index is 13.4. The zero-order valence-corrected chi connectivity index (χ0v) is 17.8. The lowest BCUT2D eigenvalue weighted by Crippen LogP contribution is -2.47. The molecule has 1 aliphatic rings. The number of hydrogen-bond acceptors (Lipinski definition) is 3. The number of anilines is 1. The molecule has 29 heavy (non-hydrogen) atoms. The van der Waals surface area contributed by atoms with Crippen molar-refractivity contribution in [2.45, 2.75) is 58.0 Å². The van der Waals surface area contributed by atoms with Gasteiger partial charge in [0.1, 0.15) is 11.9 Å². The Morgan fingerprint density at radius 3 is 2.55 bits per heavy atom. The third-order valence-corrected chi connectivity index (χ3v) is 5.84. The minimum Gasteiger partial charge on any atom is -0.351 e. The lowest BCUT2D eigenvalue weighted by Gasteiger charge is -2.33. The number of aryl methyl sites for hydroxylation is 2. The predicted molar refractivity (Wildman–Crippen MR) is 116 cm³/mol. The summed E-state index contributed by atoms with van der Waals surface area (Å²) < 4.78 is 0. The zero-order chi connectivity index (χ0) is 20.8. The van der Waals surface area contributed by atoms with Crippen molar-refractivity contribution in [3.63, 3.8) is 0 Å². The van der Waals surface area contributed by atoms with Gasteiger partial charge < -0.3 is 5.32 Å². The fourth-order valence-electron chi connectivity index (χ4n) is 3.86. The van der Waals surface area contributed by atoms with Gasteiger partial charge in [-0.25, -0.2) is 0 Å². The van der Waals surface area contributed by atoms with Crippen LogP contribution in [0.4, 0.5) is 5.69 Å². The van der Waals surface area contributed by atoms with Gasteiger partial charge in [0.2, 0.25) is 11.8 Å². The summed E-state index contributed by atoms with van der Waals surface area (Å²) in [5, 5.41) is 3.17. The number of halogens is 1. The molecule has 5 nitrogen and oxygen atoms in total. The van der Waals surface area contributed by atoms with Gasteiger partial charge in [0.15, 0.2) is 0 Å². The normalized spacial score (nSPS) is 15.6. The highest BCUT2D eigenvalue weighted by Crippen LogP contribution is 2.30. The SMILES string of the molecule is Cc1ccc(N(C(=O)CCl)[C@@H](C(=O)NC2CCCCC2)c2cccnc2)cc1C. The van der Waals surface area contributed by atoms with Gasteiger partial charge in [-0.05, 0) is 56.0 Å². The molecule has 2 aromatic rings. The van der Waals surface area contributed by atoms with E-state index in [0.29, 0.717) is 11.3 Å². The molecule has 0 aliphatic heterocycles. The molecule has 3 rings (SSSR count). The molecule has 1 aliphatic carbocycles. The number of benzene rings is 1.